The van der Waals surface area contributed by atoms with Crippen molar-refractivity contribution in [1.29, 1.82) is 0 Å². The fourth-order valence-electron chi connectivity index (χ4n) is 6.15. The average Bonchev–Trinajstić information content (AvgIpc) is 3.51. The summed E-state index contributed by atoms with van der Waals surface area (Å²) in [4.78, 5) is 11.7. The molecule has 0 saturated heterocycles. The first-order valence-electron chi connectivity index (χ1n) is 30.8. The largest absolute Gasteiger partial charge is 0.382 e. The van der Waals surface area contributed by atoms with E-state index in [0.29, 0.717) is 323 Å². The van der Waals surface area contributed by atoms with E-state index in [4.69, 9.17) is 114 Å². The summed E-state index contributed by atoms with van der Waals surface area (Å²) in [6.07, 6.45) is 4.98. The van der Waals surface area contributed by atoms with E-state index in [9.17, 15) is 4.79 Å². The van der Waals surface area contributed by atoms with Crippen LogP contribution in [0.2, 0.25) is 0 Å². The molecule has 0 aromatic carbocycles. The van der Waals surface area contributed by atoms with Gasteiger partial charge in [0.15, 0.2) is 0 Å². The molecule has 0 spiro atoms. The van der Waals surface area contributed by atoms with E-state index in [1.807, 2.05) is 13.8 Å². The lowest BCUT2D eigenvalue weighted by Gasteiger charge is -2.09. The zero-order valence-corrected chi connectivity index (χ0v) is 52.7. The number of rotatable bonds is 77. The van der Waals surface area contributed by atoms with E-state index in [-0.39, 0.29) is 5.91 Å². The summed E-state index contributed by atoms with van der Waals surface area (Å²) in [5, 5.41) is 2.87. The second kappa shape index (κ2) is 83.6. The topological polar surface area (TPSA) is 251 Å². The van der Waals surface area contributed by atoms with Gasteiger partial charge in [-0.2, -0.15) is 0 Å². The van der Waals surface area contributed by atoms with Gasteiger partial charge in [-0.05, 0) is 6.42 Å². The number of carbonyl (C=O) groups excluding carboxylic acids is 1. The maximum atomic E-state index is 11.7. The van der Waals surface area contributed by atoms with Gasteiger partial charge in [-0.25, -0.2) is 0 Å². The minimum absolute atomic E-state index is 0.0916. The van der Waals surface area contributed by atoms with Crippen LogP contribution in [0, 0.1) is 0 Å². The van der Waals surface area contributed by atoms with Gasteiger partial charge in [0, 0.05) is 20.1 Å². The molecule has 0 unspecified atom stereocenters. The lowest BCUT2D eigenvalue weighted by molar-refractivity contribution is -0.121. The molecule has 0 saturated carbocycles. The van der Waals surface area contributed by atoms with Gasteiger partial charge < -0.3 is 119 Å². The number of hydrogen-bond donors (Lipinski definition) is 1. The van der Waals surface area contributed by atoms with Crippen LogP contribution in [-0.2, 0) is 118 Å². The predicted octanol–water partition coefficient (Wildman–Crippen LogP) is 3.13. The summed E-state index contributed by atoms with van der Waals surface area (Å²) in [6, 6.07) is 0. The van der Waals surface area contributed by atoms with Crippen molar-refractivity contribution in [1.82, 2.24) is 5.32 Å². The van der Waals surface area contributed by atoms with Gasteiger partial charge >= 0.3 is 0 Å². The Bertz CT molecular complexity index is 1150. The van der Waals surface area contributed by atoms with Gasteiger partial charge in [0.05, 0.1) is 311 Å². The molecule has 0 heterocycles. The summed E-state index contributed by atoms with van der Waals surface area (Å²) in [6.45, 7) is 30.0. The van der Waals surface area contributed by atoms with Crippen molar-refractivity contribution in [3.8, 4) is 0 Å². The Morgan fingerprint density at radius 3 is 0.536 bits per heavy atom. The minimum atomic E-state index is 0.0916. The quantitative estimate of drug-likeness (QED) is 0.0859. The minimum Gasteiger partial charge on any atom is -0.382 e. The van der Waals surface area contributed by atoms with Crippen LogP contribution in [0.15, 0.2) is 0 Å². The summed E-state index contributed by atoms with van der Waals surface area (Å²) in [5.74, 6) is 0.0916. The third-order valence-electron chi connectivity index (χ3n) is 10.4. The Balaban J connectivity index is 0. The highest BCUT2D eigenvalue weighted by molar-refractivity contribution is 5.75. The molecule has 0 atom stereocenters. The highest BCUT2D eigenvalue weighted by atomic mass is 16.6. The van der Waals surface area contributed by atoms with Crippen molar-refractivity contribution in [3.05, 3.63) is 0 Å². The molecule has 0 fully saturated rings. The SMILES string of the molecule is CC.CCCCCCC(=O)NCCOCCOCCOCCOCCOCCOCCOCCOCCOCCOCCOCCOCCOCCOCCOCCOCCOCCOCCOCCOCCOCCOCCOCCOC. The second-order valence-corrected chi connectivity index (χ2v) is 17.2. The Kier molecular flexibility index (Phi) is 84.1. The van der Waals surface area contributed by atoms with E-state index < -0.39 is 0 Å². The molecule has 0 radical (unpaired) electrons. The fourth-order valence-corrected chi connectivity index (χ4v) is 6.15. The molecule has 0 aromatic rings. The number of unbranched alkanes of at least 4 members (excludes halogenated alkanes) is 3. The molecule has 26 heteroatoms. The molecule has 1 N–H and O–H groups in total. The summed E-state index contributed by atoms with van der Waals surface area (Å²) in [5.41, 5.74) is 0. The Morgan fingerprint density at radius 1 is 0.226 bits per heavy atom. The zero-order valence-electron chi connectivity index (χ0n) is 52.7. The first-order valence-corrected chi connectivity index (χ1v) is 30.8. The Hall–Kier alpha value is -1.49. The summed E-state index contributed by atoms with van der Waals surface area (Å²) >= 11 is 0. The zero-order chi connectivity index (χ0) is 60.7. The van der Waals surface area contributed by atoms with Gasteiger partial charge in [0.25, 0.3) is 0 Å². The van der Waals surface area contributed by atoms with Crippen LogP contribution < -0.4 is 5.32 Å². The standard InChI is InChI=1S/C56H113NO25.C2H6/c1-3-4-5-6-7-56(58)57-8-9-60-12-13-62-16-17-64-20-21-66-24-25-68-28-29-70-32-33-72-36-37-74-40-41-76-44-45-78-48-49-80-52-53-82-55-54-81-51-50-79-47-46-77-43-42-75-39-38-73-35-34-71-31-30-69-27-26-67-23-22-65-19-18-63-15-14-61-11-10-59-2;1-2/h3-55H2,1-2H3,(H,57,58);1-2H3. The number of amides is 1. The smallest absolute Gasteiger partial charge is 0.220 e. The molecule has 0 aromatic heterocycles. The van der Waals surface area contributed by atoms with Crippen molar-refractivity contribution in [3.63, 3.8) is 0 Å². The predicted molar refractivity (Wildman–Crippen MR) is 314 cm³/mol. The maximum Gasteiger partial charge on any atom is 0.220 e. The van der Waals surface area contributed by atoms with Crippen LogP contribution in [0.5, 0.6) is 0 Å². The summed E-state index contributed by atoms with van der Waals surface area (Å²) in [7, 11) is 1.64. The van der Waals surface area contributed by atoms with E-state index >= 15 is 0 Å². The molecule has 506 valence electrons. The van der Waals surface area contributed by atoms with Gasteiger partial charge in [-0.3, -0.25) is 4.79 Å². The highest BCUT2D eigenvalue weighted by Gasteiger charge is 2.02. The van der Waals surface area contributed by atoms with Crippen LogP contribution >= 0.6 is 0 Å². The molecule has 0 bridgehead atoms. The monoisotopic (exact) mass is 1230 g/mol. The van der Waals surface area contributed by atoms with E-state index in [0.717, 1.165) is 12.8 Å². The van der Waals surface area contributed by atoms with Crippen molar-refractivity contribution >= 4 is 5.91 Å². The number of hydrogen-bond acceptors (Lipinski definition) is 25. The Labute approximate surface area is 505 Å². The van der Waals surface area contributed by atoms with E-state index in [1.165, 1.54) is 12.8 Å². The fraction of sp³-hybridized carbons (Fsp3) is 0.983. The number of ether oxygens (including phenoxy) is 24. The van der Waals surface area contributed by atoms with Crippen molar-refractivity contribution in [2.45, 2.75) is 52.9 Å². The van der Waals surface area contributed by atoms with E-state index in [2.05, 4.69) is 12.2 Å². The molecule has 84 heavy (non-hydrogen) atoms. The summed E-state index contributed by atoms with van der Waals surface area (Å²) < 4.78 is 131. The molecule has 26 nitrogen and oxygen atoms in total. The average molecular weight is 1230 g/mol. The van der Waals surface area contributed by atoms with Crippen molar-refractivity contribution in [2.75, 3.05) is 324 Å². The third-order valence-corrected chi connectivity index (χ3v) is 10.4. The van der Waals surface area contributed by atoms with Crippen molar-refractivity contribution in [2.24, 2.45) is 0 Å². The first kappa shape index (κ1) is 84.6. The highest BCUT2D eigenvalue weighted by Crippen LogP contribution is 2.02. The number of carbonyl (C=O) groups is 1. The second-order valence-electron chi connectivity index (χ2n) is 17.2. The molecule has 0 aliphatic carbocycles. The van der Waals surface area contributed by atoms with Crippen LogP contribution in [0.4, 0.5) is 0 Å². The van der Waals surface area contributed by atoms with Crippen LogP contribution in [0.1, 0.15) is 52.9 Å². The van der Waals surface area contributed by atoms with Crippen molar-refractivity contribution < 1.29 is 118 Å². The number of methoxy groups -OCH3 is 1. The molecule has 1 amide bonds. The van der Waals surface area contributed by atoms with Gasteiger partial charge in [-0.1, -0.05) is 40.0 Å². The van der Waals surface area contributed by atoms with Gasteiger partial charge in [-0.15, -0.1) is 0 Å². The van der Waals surface area contributed by atoms with Gasteiger partial charge in [0.2, 0.25) is 5.91 Å². The molecule has 0 rings (SSSR count). The Morgan fingerprint density at radius 2 is 0.381 bits per heavy atom. The lowest BCUT2D eigenvalue weighted by atomic mass is 10.1. The van der Waals surface area contributed by atoms with Crippen LogP contribution in [-0.4, -0.2) is 330 Å². The van der Waals surface area contributed by atoms with E-state index in [1.54, 1.807) is 7.11 Å². The molecule has 0 aliphatic heterocycles. The molecular formula is C58H119NO25. The lowest BCUT2D eigenvalue weighted by Crippen LogP contribution is -2.27. The normalized spacial score (nSPS) is 11.5. The van der Waals surface area contributed by atoms with Gasteiger partial charge in [0.1, 0.15) is 0 Å². The maximum absolute atomic E-state index is 11.7. The molecular weight excluding hydrogens is 1110 g/mol. The molecule has 0 aliphatic rings. The third kappa shape index (κ3) is 82.6. The first-order chi connectivity index (χ1) is 41.8. The van der Waals surface area contributed by atoms with Crippen LogP contribution in [0.25, 0.3) is 0 Å². The van der Waals surface area contributed by atoms with Crippen LogP contribution in [0.3, 0.4) is 0 Å². The number of nitrogens with one attached hydrogen (secondary N) is 1.